The van der Waals surface area contributed by atoms with Crippen LogP contribution in [0.5, 0.6) is 0 Å². The zero-order valence-corrected chi connectivity index (χ0v) is 10.1. The molecule has 0 N–H and O–H groups in total. The van der Waals surface area contributed by atoms with Gasteiger partial charge in [0.2, 0.25) is 0 Å². The summed E-state index contributed by atoms with van der Waals surface area (Å²) in [5.74, 6) is -1.17. The predicted octanol–water partition coefficient (Wildman–Crippen LogP) is 1.01. The quantitative estimate of drug-likeness (QED) is 0.621. The van der Waals surface area contributed by atoms with Crippen molar-refractivity contribution in [1.82, 2.24) is 0 Å². The Balaban J connectivity index is 1.78. The third-order valence-electron chi connectivity index (χ3n) is 3.10. The molecule has 1 unspecified atom stereocenters. The summed E-state index contributed by atoms with van der Waals surface area (Å²) in [5.41, 5.74) is 0. The van der Waals surface area contributed by atoms with Crippen LogP contribution in [0.1, 0.15) is 27.7 Å². The summed E-state index contributed by atoms with van der Waals surface area (Å²) in [5, 5.41) is 0. The molecule has 0 saturated carbocycles. The van der Waals surface area contributed by atoms with Crippen LogP contribution in [0.25, 0.3) is 0 Å². The fourth-order valence-electron chi connectivity index (χ4n) is 2.47. The summed E-state index contributed by atoms with van der Waals surface area (Å²) in [6.45, 7) is 8.09. The first kappa shape index (κ1) is 10.9. The topological polar surface area (TPSA) is 46.2 Å². The van der Waals surface area contributed by atoms with Gasteiger partial charge >= 0.3 is 0 Å². The van der Waals surface area contributed by atoms with Crippen molar-refractivity contribution >= 4 is 0 Å². The highest BCUT2D eigenvalue weighted by atomic mass is 16.9. The molecule has 3 aliphatic rings. The van der Waals surface area contributed by atoms with Gasteiger partial charge in [0.15, 0.2) is 17.9 Å². The van der Waals surface area contributed by atoms with Crippen LogP contribution in [0.2, 0.25) is 0 Å². The van der Waals surface area contributed by atoms with E-state index in [1.807, 2.05) is 27.7 Å². The van der Waals surface area contributed by atoms with E-state index in [1.165, 1.54) is 0 Å². The van der Waals surface area contributed by atoms with Crippen LogP contribution in [0.15, 0.2) is 0 Å². The van der Waals surface area contributed by atoms with E-state index in [2.05, 4.69) is 0 Å². The molecule has 0 amide bonds. The minimum Gasteiger partial charge on any atom is -0.348 e. The molecule has 0 aromatic rings. The largest absolute Gasteiger partial charge is 0.348 e. The van der Waals surface area contributed by atoms with Crippen molar-refractivity contribution in [2.45, 2.75) is 63.9 Å². The van der Waals surface area contributed by atoms with Crippen molar-refractivity contribution < 1.29 is 23.7 Å². The maximum Gasteiger partial charge on any atom is 0.190 e. The fourth-order valence-corrected chi connectivity index (χ4v) is 2.47. The first-order valence-corrected chi connectivity index (χ1v) is 5.69. The number of hydrogen-bond donors (Lipinski definition) is 0. The Morgan fingerprint density at radius 1 is 0.875 bits per heavy atom. The lowest BCUT2D eigenvalue weighted by Crippen LogP contribution is -2.50. The van der Waals surface area contributed by atoms with Gasteiger partial charge in [0.25, 0.3) is 0 Å². The van der Waals surface area contributed by atoms with Gasteiger partial charge in [-0.2, -0.15) is 0 Å². The first-order chi connectivity index (χ1) is 7.36. The lowest BCUT2D eigenvalue weighted by molar-refractivity contribution is -0.319. The Labute approximate surface area is 94.9 Å². The molecule has 5 nitrogen and oxygen atoms in total. The third-order valence-corrected chi connectivity index (χ3v) is 3.10. The van der Waals surface area contributed by atoms with E-state index in [-0.39, 0.29) is 24.6 Å². The first-order valence-electron chi connectivity index (χ1n) is 5.69. The molecular weight excluding hydrogens is 212 g/mol. The van der Waals surface area contributed by atoms with E-state index in [0.717, 1.165) is 0 Å². The molecule has 3 saturated heterocycles. The van der Waals surface area contributed by atoms with Crippen molar-refractivity contribution in [3.05, 3.63) is 0 Å². The SMILES string of the molecule is CC1(C)O[C@H]2OC3COC(C)(C)O[C@@H]3[C@H]2O1. The molecule has 3 aliphatic heterocycles. The van der Waals surface area contributed by atoms with Gasteiger partial charge in [0, 0.05) is 0 Å². The third kappa shape index (κ3) is 1.67. The molecule has 0 aromatic carbocycles. The molecule has 0 bridgehead atoms. The Morgan fingerprint density at radius 3 is 2.31 bits per heavy atom. The van der Waals surface area contributed by atoms with Gasteiger partial charge in [-0.3, -0.25) is 0 Å². The number of rotatable bonds is 0. The number of hydrogen-bond acceptors (Lipinski definition) is 5. The monoisotopic (exact) mass is 230 g/mol. The molecular formula is C11H18O5. The highest BCUT2D eigenvalue weighted by Gasteiger charge is 2.58. The molecule has 0 spiro atoms. The lowest BCUT2D eigenvalue weighted by atomic mass is 10.1. The molecule has 3 fully saturated rings. The van der Waals surface area contributed by atoms with Crippen molar-refractivity contribution in [2.24, 2.45) is 0 Å². The molecule has 4 atom stereocenters. The summed E-state index contributed by atoms with van der Waals surface area (Å²) in [6.07, 6.45) is -0.666. The van der Waals surface area contributed by atoms with E-state index in [9.17, 15) is 0 Å². The summed E-state index contributed by atoms with van der Waals surface area (Å²) in [7, 11) is 0. The molecule has 16 heavy (non-hydrogen) atoms. The zero-order chi connectivity index (χ0) is 11.6. The van der Waals surface area contributed by atoms with Gasteiger partial charge in [0.1, 0.15) is 18.3 Å². The van der Waals surface area contributed by atoms with Gasteiger partial charge in [0.05, 0.1) is 6.61 Å². The summed E-state index contributed by atoms with van der Waals surface area (Å²) >= 11 is 0. The minimum atomic E-state index is -0.591. The Kier molecular flexibility index (Phi) is 2.17. The smallest absolute Gasteiger partial charge is 0.190 e. The average Bonchev–Trinajstić information content (AvgIpc) is 2.57. The van der Waals surface area contributed by atoms with Gasteiger partial charge in [-0.25, -0.2) is 0 Å². The average molecular weight is 230 g/mol. The van der Waals surface area contributed by atoms with Crippen LogP contribution in [0.3, 0.4) is 0 Å². The summed E-state index contributed by atoms with van der Waals surface area (Å²) in [6, 6.07) is 0. The number of fused-ring (bicyclic) bond motifs is 3. The van der Waals surface area contributed by atoms with E-state index in [0.29, 0.717) is 6.61 Å². The van der Waals surface area contributed by atoms with Crippen molar-refractivity contribution in [3.8, 4) is 0 Å². The molecule has 92 valence electrons. The standard InChI is InChI=1S/C11H18O5/c1-10(2)12-5-6-7(14-10)8-9(13-6)16-11(3,4)15-8/h6-9H,5H2,1-4H3/t6?,7-,8+,9+/m0/s1. The molecule has 5 heteroatoms. The molecule has 0 radical (unpaired) electrons. The van der Waals surface area contributed by atoms with E-state index >= 15 is 0 Å². The molecule has 0 aliphatic carbocycles. The molecule has 3 rings (SSSR count). The number of ether oxygens (including phenoxy) is 5. The second-order valence-electron chi connectivity index (χ2n) is 5.44. The van der Waals surface area contributed by atoms with Gasteiger partial charge in [-0.05, 0) is 27.7 Å². The zero-order valence-electron chi connectivity index (χ0n) is 10.1. The van der Waals surface area contributed by atoms with Gasteiger partial charge in [-0.15, -0.1) is 0 Å². The van der Waals surface area contributed by atoms with Crippen LogP contribution in [-0.2, 0) is 23.7 Å². The van der Waals surface area contributed by atoms with Crippen molar-refractivity contribution in [2.75, 3.05) is 6.61 Å². The van der Waals surface area contributed by atoms with Gasteiger partial charge in [-0.1, -0.05) is 0 Å². The fraction of sp³-hybridized carbons (Fsp3) is 1.00. The maximum atomic E-state index is 5.85. The lowest BCUT2D eigenvalue weighted by Gasteiger charge is -2.38. The second kappa shape index (κ2) is 3.17. The van der Waals surface area contributed by atoms with Crippen molar-refractivity contribution in [1.29, 1.82) is 0 Å². The summed E-state index contributed by atoms with van der Waals surface area (Å²) in [4.78, 5) is 0. The Bertz CT molecular complexity index is 301. The Hall–Kier alpha value is -0.200. The second-order valence-corrected chi connectivity index (χ2v) is 5.44. The normalized spacial score (nSPS) is 48.8. The van der Waals surface area contributed by atoms with Gasteiger partial charge < -0.3 is 23.7 Å². The van der Waals surface area contributed by atoms with E-state index in [1.54, 1.807) is 0 Å². The molecule has 0 aromatic heterocycles. The van der Waals surface area contributed by atoms with Crippen LogP contribution in [-0.4, -0.2) is 42.8 Å². The summed E-state index contributed by atoms with van der Waals surface area (Å²) < 4.78 is 28.6. The van der Waals surface area contributed by atoms with Crippen LogP contribution >= 0.6 is 0 Å². The Morgan fingerprint density at radius 2 is 1.56 bits per heavy atom. The van der Waals surface area contributed by atoms with Crippen LogP contribution < -0.4 is 0 Å². The van der Waals surface area contributed by atoms with Crippen molar-refractivity contribution in [3.63, 3.8) is 0 Å². The highest BCUT2D eigenvalue weighted by molar-refractivity contribution is 4.96. The van der Waals surface area contributed by atoms with Crippen LogP contribution in [0, 0.1) is 0 Å². The maximum absolute atomic E-state index is 5.85. The highest BCUT2D eigenvalue weighted by Crippen LogP contribution is 2.42. The molecule has 3 heterocycles. The van der Waals surface area contributed by atoms with E-state index in [4.69, 9.17) is 23.7 Å². The predicted molar refractivity (Wildman–Crippen MR) is 53.6 cm³/mol. The van der Waals surface area contributed by atoms with Crippen LogP contribution in [0.4, 0.5) is 0 Å². The minimum absolute atomic E-state index is 0.0841. The van der Waals surface area contributed by atoms with E-state index < -0.39 is 11.6 Å².